The van der Waals surface area contributed by atoms with Crippen LogP contribution in [0.1, 0.15) is 18.9 Å². The minimum absolute atomic E-state index is 0.00516. The van der Waals surface area contributed by atoms with Crippen molar-refractivity contribution in [3.05, 3.63) is 47.3 Å². The van der Waals surface area contributed by atoms with Crippen molar-refractivity contribution in [2.45, 2.75) is 13.3 Å². The predicted octanol–water partition coefficient (Wildman–Crippen LogP) is 1.37. The summed E-state index contributed by atoms with van der Waals surface area (Å²) in [6.45, 7) is 3.06. The van der Waals surface area contributed by atoms with Crippen LogP contribution in [-0.2, 0) is 4.79 Å². The average Bonchev–Trinajstić information content (AvgIpc) is 2.71. The fourth-order valence-electron chi connectivity index (χ4n) is 2.96. The van der Waals surface area contributed by atoms with Gasteiger partial charge in [-0.2, -0.15) is 0 Å². The number of aliphatic hydroxyl groups excluding tert-OH is 1. The minimum Gasteiger partial charge on any atom is -0.395 e. The van der Waals surface area contributed by atoms with Crippen LogP contribution in [0.4, 0.5) is 5.69 Å². The number of nitrogens with one attached hydrogen (secondary N) is 5. The van der Waals surface area contributed by atoms with Gasteiger partial charge in [-0.15, -0.1) is 0 Å². The van der Waals surface area contributed by atoms with Crippen molar-refractivity contribution in [2.24, 2.45) is 0 Å². The molecular formula is C20H28N6O2. The van der Waals surface area contributed by atoms with Crippen LogP contribution in [0.15, 0.2) is 41.7 Å². The minimum atomic E-state index is 0.00516. The van der Waals surface area contributed by atoms with E-state index in [0.29, 0.717) is 31.6 Å². The second-order valence-electron chi connectivity index (χ2n) is 6.40. The Morgan fingerprint density at radius 1 is 1.32 bits per heavy atom. The summed E-state index contributed by atoms with van der Waals surface area (Å²) in [5.74, 6) is 0.265. The zero-order valence-electron chi connectivity index (χ0n) is 16.3. The van der Waals surface area contributed by atoms with Crippen LogP contribution >= 0.6 is 0 Å². The number of anilines is 1. The lowest BCUT2D eigenvalue weighted by Gasteiger charge is -2.30. The number of aliphatic hydroxyl groups is 1. The van der Waals surface area contributed by atoms with E-state index in [4.69, 9.17) is 15.9 Å². The Bertz CT molecular complexity index is 782. The molecule has 8 nitrogen and oxygen atoms in total. The molecule has 0 fully saturated rings. The van der Waals surface area contributed by atoms with Crippen LogP contribution in [0, 0.1) is 10.8 Å². The summed E-state index contributed by atoms with van der Waals surface area (Å²) in [4.78, 5) is 13.4. The Balaban J connectivity index is 2.11. The summed E-state index contributed by atoms with van der Waals surface area (Å²) in [6, 6.07) is 7.42. The van der Waals surface area contributed by atoms with E-state index in [1.165, 1.54) is 6.21 Å². The number of carbonyl (C=O) groups is 1. The molecule has 0 bridgehead atoms. The quantitative estimate of drug-likeness (QED) is 0.229. The Labute approximate surface area is 165 Å². The summed E-state index contributed by atoms with van der Waals surface area (Å²) in [5.41, 5.74) is 4.05. The fraction of sp³-hybridized carbons (Fsp3) is 0.350. The van der Waals surface area contributed by atoms with Gasteiger partial charge in [0.05, 0.1) is 13.2 Å². The monoisotopic (exact) mass is 384 g/mol. The van der Waals surface area contributed by atoms with E-state index in [1.54, 1.807) is 18.0 Å². The molecule has 1 aliphatic heterocycles. The molecule has 0 aromatic heterocycles. The van der Waals surface area contributed by atoms with Crippen LogP contribution in [-0.4, -0.2) is 61.3 Å². The van der Waals surface area contributed by atoms with Crippen molar-refractivity contribution in [1.29, 1.82) is 10.8 Å². The molecule has 0 atom stereocenters. The first-order valence-electron chi connectivity index (χ1n) is 9.16. The Morgan fingerprint density at radius 2 is 2.04 bits per heavy atom. The molecule has 0 radical (unpaired) electrons. The molecule has 0 saturated heterocycles. The van der Waals surface area contributed by atoms with Gasteiger partial charge in [-0.05, 0) is 17.7 Å². The number of amidine groups is 1. The summed E-state index contributed by atoms with van der Waals surface area (Å²) < 4.78 is 0. The number of benzene rings is 1. The van der Waals surface area contributed by atoms with Crippen molar-refractivity contribution >= 4 is 29.2 Å². The number of allylic oxidation sites excluding steroid dienone is 1. The number of amides is 1. The zero-order valence-corrected chi connectivity index (χ0v) is 16.3. The molecule has 6 N–H and O–H groups in total. The van der Waals surface area contributed by atoms with E-state index >= 15 is 0 Å². The topological polar surface area (TPSA) is 124 Å². The lowest BCUT2D eigenvalue weighted by atomic mass is 10.0. The van der Waals surface area contributed by atoms with E-state index in [-0.39, 0.29) is 18.3 Å². The molecule has 28 heavy (non-hydrogen) atoms. The highest BCUT2D eigenvalue weighted by atomic mass is 16.3. The normalized spacial score (nSPS) is 14.5. The second kappa shape index (κ2) is 10.3. The highest BCUT2D eigenvalue weighted by molar-refractivity contribution is 6.09. The molecule has 0 saturated carbocycles. The van der Waals surface area contributed by atoms with Gasteiger partial charge in [0, 0.05) is 68.4 Å². The molecule has 1 amide bonds. The van der Waals surface area contributed by atoms with Gasteiger partial charge in [0.25, 0.3) is 0 Å². The van der Waals surface area contributed by atoms with Crippen molar-refractivity contribution in [3.8, 4) is 0 Å². The third-order valence-corrected chi connectivity index (χ3v) is 4.55. The summed E-state index contributed by atoms with van der Waals surface area (Å²) in [7, 11) is 1.83. The van der Waals surface area contributed by atoms with E-state index in [1.807, 2.05) is 31.3 Å². The van der Waals surface area contributed by atoms with Crippen LogP contribution < -0.4 is 16.0 Å². The van der Waals surface area contributed by atoms with Crippen LogP contribution in [0.3, 0.4) is 0 Å². The van der Waals surface area contributed by atoms with E-state index in [0.717, 1.165) is 22.5 Å². The molecule has 1 aromatic rings. The summed E-state index contributed by atoms with van der Waals surface area (Å²) >= 11 is 0. The van der Waals surface area contributed by atoms with E-state index < -0.39 is 0 Å². The molecular weight excluding hydrogens is 356 g/mol. The van der Waals surface area contributed by atoms with Crippen molar-refractivity contribution < 1.29 is 9.90 Å². The number of rotatable bonds is 8. The van der Waals surface area contributed by atoms with E-state index in [2.05, 4.69) is 16.0 Å². The molecule has 1 aliphatic rings. The zero-order chi connectivity index (χ0) is 20.5. The van der Waals surface area contributed by atoms with Gasteiger partial charge in [0.15, 0.2) is 0 Å². The number of carbonyl (C=O) groups excluding carboxylic acids is 1. The second-order valence-corrected chi connectivity index (χ2v) is 6.40. The maximum atomic E-state index is 11.7. The van der Waals surface area contributed by atoms with Gasteiger partial charge >= 0.3 is 0 Å². The Hall–Kier alpha value is -3.13. The Morgan fingerprint density at radius 3 is 2.61 bits per heavy atom. The third-order valence-electron chi connectivity index (χ3n) is 4.55. The van der Waals surface area contributed by atoms with Gasteiger partial charge < -0.3 is 31.4 Å². The molecule has 0 unspecified atom stereocenters. The van der Waals surface area contributed by atoms with Crippen LogP contribution in [0.25, 0.3) is 5.57 Å². The first-order chi connectivity index (χ1) is 13.5. The van der Waals surface area contributed by atoms with E-state index in [9.17, 15) is 4.79 Å². The fourth-order valence-corrected chi connectivity index (χ4v) is 2.96. The Kier molecular flexibility index (Phi) is 7.76. The molecule has 0 spiro atoms. The van der Waals surface area contributed by atoms with Crippen LogP contribution in [0.2, 0.25) is 0 Å². The molecule has 1 aromatic carbocycles. The number of hydrogen-bond acceptors (Lipinski definition) is 6. The molecule has 2 rings (SSSR count). The maximum absolute atomic E-state index is 11.7. The van der Waals surface area contributed by atoms with Crippen molar-refractivity contribution in [1.82, 2.24) is 15.5 Å². The lowest BCUT2D eigenvalue weighted by molar-refractivity contribution is -0.128. The summed E-state index contributed by atoms with van der Waals surface area (Å²) in [5, 5.41) is 34.0. The lowest BCUT2D eigenvalue weighted by Crippen LogP contribution is -2.40. The standard InChI is InChI=1S/C20H28N6O2/c1-14(28)26-9-7-19(23-2)18(13-26)20(22)25-17-5-3-15(4-6-17)16(11-21)12-24-8-10-27/h3-6,11-12,21,23-24,27H,7-10,13H2,1-2H3,(H2,22,25)/b16-12+,21-11?. The summed E-state index contributed by atoms with van der Waals surface area (Å²) in [6.07, 6.45) is 3.63. The molecule has 1 heterocycles. The highest BCUT2D eigenvalue weighted by Crippen LogP contribution is 2.20. The molecule has 0 aliphatic carbocycles. The van der Waals surface area contributed by atoms with Gasteiger partial charge in [-0.25, -0.2) is 0 Å². The number of hydrogen-bond donors (Lipinski definition) is 6. The van der Waals surface area contributed by atoms with Gasteiger partial charge in [0.1, 0.15) is 5.84 Å². The van der Waals surface area contributed by atoms with Crippen molar-refractivity contribution in [3.63, 3.8) is 0 Å². The SMILES string of the molecule is CNC1=C(C(=N)Nc2ccc(/C(C=N)=C/NCCO)cc2)CN(C(C)=O)CC1. The van der Waals surface area contributed by atoms with Gasteiger partial charge in [0.2, 0.25) is 5.91 Å². The number of nitrogens with zero attached hydrogens (tertiary/aromatic N) is 1. The average molecular weight is 384 g/mol. The van der Waals surface area contributed by atoms with Crippen molar-refractivity contribution in [2.75, 3.05) is 38.6 Å². The predicted molar refractivity (Wildman–Crippen MR) is 113 cm³/mol. The maximum Gasteiger partial charge on any atom is 0.219 e. The smallest absolute Gasteiger partial charge is 0.219 e. The third kappa shape index (κ3) is 5.43. The molecule has 8 heteroatoms. The highest BCUT2D eigenvalue weighted by Gasteiger charge is 2.23. The first-order valence-corrected chi connectivity index (χ1v) is 9.16. The van der Waals surface area contributed by atoms with Gasteiger partial charge in [-0.1, -0.05) is 12.1 Å². The first kappa shape index (κ1) is 21.2. The van der Waals surface area contributed by atoms with Gasteiger partial charge in [-0.3, -0.25) is 10.2 Å². The van der Waals surface area contributed by atoms with Crippen LogP contribution in [0.5, 0.6) is 0 Å². The largest absolute Gasteiger partial charge is 0.395 e. The molecule has 150 valence electrons.